The van der Waals surface area contributed by atoms with Gasteiger partial charge in [0.05, 0.1) is 16.1 Å². The maximum atomic E-state index is 15.3. The maximum Gasteiger partial charge on any atom is 0.416 e. The van der Waals surface area contributed by atoms with Crippen LogP contribution in [0.5, 0.6) is 0 Å². The van der Waals surface area contributed by atoms with Gasteiger partial charge in [-0.3, -0.25) is 14.0 Å². The molecule has 2 unspecified atom stereocenters. The Bertz CT molecular complexity index is 1710. The zero-order valence-corrected chi connectivity index (χ0v) is 22.0. The summed E-state index contributed by atoms with van der Waals surface area (Å²) in [6.07, 6.45) is 2.43. The molecule has 3 aromatic heterocycles. The molecule has 1 aromatic carbocycles. The average Bonchev–Trinajstić information content (AvgIpc) is 3.50. The van der Waals surface area contributed by atoms with Gasteiger partial charge in [-0.25, -0.2) is 19.3 Å². The number of amides is 2. The van der Waals surface area contributed by atoms with Gasteiger partial charge in [0.15, 0.2) is 0 Å². The minimum atomic E-state index is -4.65. The summed E-state index contributed by atoms with van der Waals surface area (Å²) in [6, 6.07) is 3.71. The van der Waals surface area contributed by atoms with Crippen LogP contribution in [0.3, 0.4) is 0 Å². The number of nitrogens with one attached hydrogen (secondary N) is 1. The molecular formula is C27H22ClF4N7O2. The van der Waals surface area contributed by atoms with E-state index in [1.54, 1.807) is 10.6 Å². The third-order valence-electron chi connectivity index (χ3n) is 7.58. The van der Waals surface area contributed by atoms with E-state index in [1.165, 1.54) is 6.20 Å². The first-order chi connectivity index (χ1) is 19.5. The summed E-state index contributed by atoms with van der Waals surface area (Å²) in [5.74, 6) is -1.67. The van der Waals surface area contributed by atoms with Crippen LogP contribution in [0.15, 0.2) is 42.9 Å². The van der Waals surface area contributed by atoms with Gasteiger partial charge in [-0.2, -0.15) is 13.2 Å². The second kappa shape index (κ2) is 9.98. The molecule has 14 heteroatoms. The topological polar surface area (TPSA) is 119 Å². The number of carbonyl (C=O) groups is 2. The lowest BCUT2D eigenvalue weighted by Crippen LogP contribution is -2.41. The highest BCUT2D eigenvalue weighted by Crippen LogP contribution is 2.40. The third-order valence-corrected chi connectivity index (χ3v) is 7.89. The fraction of sp³-hybridized carbons (Fsp3) is 0.296. The summed E-state index contributed by atoms with van der Waals surface area (Å²) in [5.41, 5.74) is 5.48. The van der Waals surface area contributed by atoms with Crippen molar-refractivity contribution in [2.24, 2.45) is 0 Å². The molecule has 2 fully saturated rings. The molecule has 0 saturated carbocycles. The first-order valence-corrected chi connectivity index (χ1v) is 13.1. The Kier molecular flexibility index (Phi) is 6.56. The number of piperidine rings is 1. The molecule has 0 spiro atoms. The zero-order chi connectivity index (χ0) is 29.1. The quantitative estimate of drug-likeness (QED) is 0.313. The second-order valence-electron chi connectivity index (χ2n) is 10.1. The SMILES string of the molecule is Nc1nccn2c(C3CCC4CCC(=O)N4C3)nc(-c3cc(F)c(C(=O)Nc4cc(C(F)(F)F)ccn4)cc3Cl)c12. The van der Waals surface area contributed by atoms with Gasteiger partial charge in [0.2, 0.25) is 5.91 Å². The summed E-state index contributed by atoms with van der Waals surface area (Å²) in [5, 5.41) is 2.14. The van der Waals surface area contributed by atoms with Crippen LogP contribution in [0, 0.1) is 5.82 Å². The van der Waals surface area contributed by atoms with Crippen molar-refractivity contribution in [1.82, 2.24) is 24.3 Å². The van der Waals surface area contributed by atoms with E-state index in [0.29, 0.717) is 30.4 Å². The number of nitrogen functional groups attached to an aromatic ring is 1. The van der Waals surface area contributed by atoms with Crippen molar-refractivity contribution in [2.45, 2.75) is 43.8 Å². The highest BCUT2D eigenvalue weighted by Gasteiger charge is 2.38. The number of imidazole rings is 1. The van der Waals surface area contributed by atoms with Crippen LogP contribution in [-0.2, 0) is 11.0 Å². The van der Waals surface area contributed by atoms with Gasteiger partial charge >= 0.3 is 6.18 Å². The van der Waals surface area contributed by atoms with E-state index in [0.717, 1.165) is 43.7 Å². The Morgan fingerprint density at radius 2 is 1.93 bits per heavy atom. The van der Waals surface area contributed by atoms with E-state index < -0.39 is 34.8 Å². The average molecular weight is 588 g/mol. The molecule has 2 saturated heterocycles. The normalized spacial score (nSPS) is 19.0. The summed E-state index contributed by atoms with van der Waals surface area (Å²) in [6.45, 7) is 0.495. The standard InChI is InChI=1S/C27H22ClF4N7O2/c28-18-10-17(26(41)36-20-9-14(5-6-34-20)27(30,31)32)19(29)11-16(18)22-23-24(33)35-7-8-38(23)25(37-22)13-1-2-15-3-4-21(40)39(15)12-13/h5-11,13,15H,1-4,12H2,(H2,33,35)(H,34,36,41). The lowest BCUT2D eigenvalue weighted by Gasteiger charge is -2.34. The highest BCUT2D eigenvalue weighted by atomic mass is 35.5. The number of nitrogens with two attached hydrogens (primary N) is 1. The van der Waals surface area contributed by atoms with E-state index >= 15 is 4.39 Å². The molecule has 3 N–H and O–H groups in total. The summed E-state index contributed by atoms with van der Waals surface area (Å²) >= 11 is 6.53. The van der Waals surface area contributed by atoms with E-state index in [2.05, 4.69) is 15.3 Å². The van der Waals surface area contributed by atoms with Crippen LogP contribution < -0.4 is 11.1 Å². The monoisotopic (exact) mass is 587 g/mol. The number of nitrogens with zero attached hydrogens (tertiary/aromatic N) is 5. The lowest BCUT2D eigenvalue weighted by atomic mass is 9.92. The molecule has 6 rings (SSSR count). The second-order valence-corrected chi connectivity index (χ2v) is 10.5. The van der Waals surface area contributed by atoms with E-state index in [9.17, 15) is 22.8 Å². The Hall–Kier alpha value is -4.26. The predicted octanol–water partition coefficient (Wildman–Crippen LogP) is 5.31. The van der Waals surface area contributed by atoms with Crippen molar-refractivity contribution < 1.29 is 27.2 Å². The molecule has 0 aliphatic carbocycles. The van der Waals surface area contributed by atoms with Crippen molar-refractivity contribution >= 4 is 40.6 Å². The highest BCUT2D eigenvalue weighted by molar-refractivity contribution is 6.34. The van der Waals surface area contributed by atoms with Gasteiger partial charge in [-0.1, -0.05) is 11.6 Å². The zero-order valence-electron chi connectivity index (χ0n) is 21.3. The number of aromatic nitrogens is 4. The van der Waals surface area contributed by atoms with Crippen LogP contribution in [0.4, 0.5) is 29.2 Å². The van der Waals surface area contributed by atoms with E-state index in [4.69, 9.17) is 22.3 Å². The molecule has 2 amide bonds. The molecule has 5 heterocycles. The van der Waals surface area contributed by atoms with Crippen molar-refractivity contribution in [3.05, 3.63) is 70.6 Å². The van der Waals surface area contributed by atoms with Crippen molar-refractivity contribution in [1.29, 1.82) is 0 Å². The van der Waals surface area contributed by atoms with Gasteiger partial charge in [0.25, 0.3) is 5.91 Å². The molecular weight excluding hydrogens is 566 g/mol. The molecule has 2 atom stereocenters. The van der Waals surface area contributed by atoms with Crippen LogP contribution in [-0.4, -0.2) is 48.7 Å². The first kappa shape index (κ1) is 26.9. The van der Waals surface area contributed by atoms with Gasteiger partial charge in [0.1, 0.15) is 34.5 Å². The fourth-order valence-corrected chi connectivity index (χ4v) is 5.85. The van der Waals surface area contributed by atoms with E-state index in [-0.39, 0.29) is 40.0 Å². The number of rotatable bonds is 4. The Labute approximate surface area is 235 Å². The van der Waals surface area contributed by atoms with Crippen molar-refractivity contribution in [2.75, 3.05) is 17.6 Å². The maximum absolute atomic E-state index is 15.3. The number of benzene rings is 1. The minimum absolute atomic E-state index is 0.0400. The Balaban J connectivity index is 1.35. The molecule has 2 aliphatic rings. The number of carbonyl (C=O) groups excluding carboxylic acids is 2. The van der Waals surface area contributed by atoms with Crippen LogP contribution in [0.2, 0.25) is 5.02 Å². The number of halogens is 5. The first-order valence-electron chi connectivity index (χ1n) is 12.8. The van der Waals surface area contributed by atoms with Gasteiger partial charge in [-0.05, 0) is 43.5 Å². The minimum Gasteiger partial charge on any atom is -0.382 e. The van der Waals surface area contributed by atoms with Gasteiger partial charge < -0.3 is 16.0 Å². The molecule has 0 bridgehead atoms. The van der Waals surface area contributed by atoms with Gasteiger partial charge in [-0.15, -0.1) is 0 Å². The number of pyridine rings is 1. The van der Waals surface area contributed by atoms with E-state index in [1.807, 2.05) is 4.90 Å². The smallest absolute Gasteiger partial charge is 0.382 e. The molecule has 212 valence electrons. The molecule has 4 aromatic rings. The lowest BCUT2D eigenvalue weighted by molar-refractivity contribution is -0.137. The molecule has 41 heavy (non-hydrogen) atoms. The molecule has 0 radical (unpaired) electrons. The molecule has 9 nitrogen and oxygen atoms in total. The summed E-state index contributed by atoms with van der Waals surface area (Å²) < 4.78 is 56.2. The van der Waals surface area contributed by atoms with Crippen molar-refractivity contribution in [3.8, 4) is 11.3 Å². The Morgan fingerprint density at radius 3 is 2.71 bits per heavy atom. The summed E-state index contributed by atoms with van der Waals surface area (Å²) in [4.78, 5) is 39.7. The number of hydrogen-bond acceptors (Lipinski definition) is 6. The molecule has 2 aliphatic heterocycles. The number of hydrogen-bond donors (Lipinski definition) is 2. The third kappa shape index (κ3) is 4.83. The van der Waals surface area contributed by atoms with Crippen LogP contribution in [0.25, 0.3) is 16.8 Å². The largest absolute Gasteiger partial charge is 0.416 e. The number of anilines is 2. The Morgan fingerprint density at radius 1 is 1.12 bits per heavy atom. The predicted molar refractivity (Wildman–Crippen MR) is 142 cm³/mol. The number of fused-ring (bicyclic) bond motifs is 2. The van der Waals surface area contributed by atoms with Crippen LogP contribution >= 0.6 is 11.6 Å². The van der Waals surface area contributed by atoms with Crippen LogP contribution in [0.1, 0.15) is 53.3 Å². The fourth-order valence-electron chi connectivity index (χ4n) is 5.60. The van der Waals surface area contributed by atoms with Gasteiger partial charge in [0, 0.05) is 49.1 Å². The summed E-state index contributed by atoms with van der Waals surface area (Å²) in [7, 11) is 0. The van der Waals surface area contributed by atoms with Crippen molar-refractivity contribution in [3.63, 3.8) is 0 Å². The number of alkyl halides is 3.